The van der Waals surface area contributed by atoms with Crippen molar-refractivity contribution in [2.45, 2.75) is 26.4 Å². The molecule has 0 amide bonds. The van der Waals surface area contributed by atoms with Crippen molar-refractivity contribution in [1.29, 1.82) is 0 Å². The van der Waals surface area contributed by atoms with Gasteiger partial charge in [-0.2, -0.15) is 0 Å². The fourth-order valence-electron chi connectivity index (χ4n) is 4.81. The minimum Gasteiger partial charge on any atom is -0.486 e. The molecule has 5 nitrogen and oxygen atoms in total. The molecule has 8 heteroatoms. The summed E-state index contributed by atoms with van der Waals surface area (Å²) in [6, 6.07) is 16.6. The summed E-state index contributed by atoms with van der Waals surface area (Å²) in [5, 5.41) is 3.65. The predicted octanol–water partition coefficient (Wildman–Crippen LogP) is 6.84. The van der Waals surface area contributed by atoms with E-state index in [2.05, 4.69) is 5.32 Å². The fourth-order valence-corrected chi connectivity index (χ4v) is 5.42. The zero-order chi connectivity index (χ0) is 26.3. The molecule has 188 valence electrons. The molecule has 0 fully saturated rings. The predicted molar refractivity (Wildman–Crippen MR) is 140 cm³/mol. The average molecular weight is 538 g/mol. The molecule has 0 bridgehead atoms. The van der Waals surface area contributed by atoms with Crippen LogP contribution in [0.3, 0.4) is 0 Å². The lowest BCUT2D eigenvalue weighted by Crippen LogP contribution is -2.29. The summed E-state index contributed by atoms with van der Waals surface area (Å²) in [6.45, 7) is 3.73. The SMILES string of the molecule is CCOC(=O)C1=C(C)NC2=C(C(=O)c3ccccc32)[C@H]1c1cc(Cl)c(OCc2cccc(F)c2)c(Cl)c1. The number of esters is 1. The summed E-state index contributed by atoms with van der Waals surface area (Å²) in [6.07, 6.45) is 0. The molecule has 3 aromatic rings. The zero-order valence-electron chi connectivity index (χ0n) is 20.0. The number of fused-ring (bicyclic) bond motifs is 2. The molecule has 1 N–H and O–H groups in total. The van der Waals surface area contributed by atoms with E-state index in [0.29, 0.717) is 39.2 Å². The number of dihydropyridines is 1. The first kappa shape index (κ1) is 25.1. The van der Waals surface area contributed by atoms with Crippen LogP contribution in [-0.2, 0) is 16.1 Å². The van der Waals surface area contributed by atoms with Crippen molar-refractivity contribution in [2.75, 3.05) is 6.61 Å². The molecule has 37 heavy (non-hydrogen) atoms. The van der Waals surface area contributed by atoms with Crippen LogP contribution < -0.4 is 10.1 Å². The van der Waals surface area contributed by atoms with Crippen molar-refractivity contribution in [1.82, 2.24) is 5.32 Å². The van der Waals surface area contributed by atoms with Crippen LogP contribution in [0, 0.1) is 5.82 Å². The molecule has 1 aliphatic heterocycles. The normalized spacial score (nSPS) is 16.4. The highest BCUT2D eigenvalue weighted by Gasteiger charge is 2.43. The van der Waals surface area contributed by atoms with Gasteiger partial charge in [0.05, 0.1) is 27.9 Å². The number of halogens is 3. The molecule has 1 heterocycles. The van der Waals surface area contributed by atoms with Gasteiger partial charge in [-0.3, -0.25) is 4.79 Å². The van der Waals surface area contributed by atoms with Crippen LogP contribution in [0.5, 0.6) is 5.75 Å². The summed E-state index contributed by atoms with van der Waals surface area (Å²) in [4.78, 5) is 26.7. The minimum atomic E-state index is -0.762. The van der Waals surface area contributed by atoms with Gasteiger partial charge in [-0.25, -0.2) is 9.18 Å². The van der Waals surface area contributed by atoms with Crippen LogP contribution in [0.15, 0.2) is 77.5 Å². The number of hydrogen-bond acceptors (Lipinski definition) is 5. The molecule has 0 radical (unpaired) electrons. The number of carbonyl (C=O) groups is 2. The Morgan fingerprint density at radius 2 is 1.73 bits per heavy atom. The summed E-state index contributed by atoms with van der Waals surface area (Å²) in [5.41, 5.74) is 4.43. The largest absolute Gasteiger partial charge is 0.486 e. The van der Waals surface area contributed by atoms with Crippen molar-refractivity contribution in [3.05, 3.63) is 116 Å². The number of allylic oxidation sites excluding steroid dienone is 2. The van der Waals surface area contributed by atoms with E-state index in [0.717, 1.165) is 5.56 Å². The molecule has 0 saturated carbocycles. The van der Waals surface area contributed by atoms with Crippen molar-refractivity contribution < 1.29 is 23.5 Å². The highest BCUT2D eigenvalue weighted by atomic mass is 35.5. The van der Waals surface area contributed by atoms with E-state index in [1.54, 1.807) is 50.2 Å². The zero-order valence-corrected chi connectivity index (χ0v) is 21.5. The Hall–Kier alpha value is -3.61. The van der Waals surface area contributed by atoms with Crippen LogP contribution in [0.1, 0.15) is 46.8 Å². The molecule has 0 spiro atoms. The number of Topliss-reactive ketones (excluding diaryl/α,β-unsaturated/α-hetero) is 1. The molecule has 0 saturated heterocycles. The average Bonchev–Trinajstić information content (AvgIpc) is 3.14. The van der Waals surface area contributed by atoms with Gasteiger partial charge in [-0.05, 0) is 49.2 Å². The van der Waals surface area contributed by atoms with Crippen molar-refractivity contribution in [3.63, 3.8) is 0 Å². The maximum atomic E-state index is 13.6. The monoisotopic (exact) mass is 537 g/mol. The fraction of sp³-hybridized carbons (Fsp3) is 0.172. The number of ketones is 1. The number of benzene rings is 3. The lowest BCUT2D eigenvalue weighted by atomic mass is 9.80. The maximum absolute atomic E-state index is 13.6. The molecule has 0 unspecified atom stereocenters. The standard InChI is InChI=1S/C29H22Cl2FNO4/c1-3-36-29(35)23-15(2)33-26-19-9-4-5-10-20(19)27(34)25(26)24(23)17-12-21(30)28(22(31)13-17)37-14-16-7-6-8-18(32)11-16/h4-13,24,33H,3,14H2,1-2H3/t24-/m0/s1. The van der Waals surface area contributed by atoms with Gasteiger partial charge in [-0.15, -0.1) is 0 Å². The Morgan fingerprint density at radius 1 is 1.03 bits per heavy atom. The highest BCUT2D eigenvalue weighted by molar-refractivity contribution is 6.37. The third kappa shape index (κ3) is 4.52. The molecule has 1 atom stereocenters. The van der Waals surface area contributed by atoms with E-state index in [-0.39, 0.29) is 40.6 Å². The number of nitrogens with one attached hydrogen (secondary N) is 1. The third-order valence-corrected chi connectivity index (χ3v) is 6.93. The van der Waals surface area contributed by atoms with E-state index in [4.69, 9.17) is 32.7 Å². The van der Waals surface area contributed by atoms with Crippen LogP contribution in [0.2, 0.25) is 10.0 Å². The number of carbonyl (C=O) groups excluding carboxylic acids is 2. The summed E-state index contributed by atoms with van der Waals surface area (Å²) >= 11 is 13.2. The second-order valence-electron chi connectivity index (χ2n) is 8.71. The second-order valence-corrected chi connectivity index (χ2v) is 9.53. The van der Waals surface area contributed by atoms with E-state index < -0.39 is 11.9 Å². The lowest BCUT2D eigenvalue weighted by Gasteiger charge is -2.29. The van der Waals surface area contributed by atoms with Gasteiger partial charge in [0.1, 0.15) is 12.4 Å². The molecule has 5 rings (SSSR count). The Morgan fingerprint density at radius 3 is 2.41 bits per heavy atom. The third-order valence-electron chi connectivity index (χ3n) is 6.37. The van der Waals surface area contributed by atoms with Gasteiger partial charge < -0.3 is 14.8 Å². The van der Waals surface area contributed by atoms with Crippen molar-refractivity contribution >= 4 is 40.7 Å². The van der Waals surface area contributed by atoms with Gasteiger partial charge in [0, 0.05) is 28.3 Å². The van der Waals surface area contributed by atoms with E-state index >= 15 is 0 Å². The van der Waals surface area contributed by atoms with Gasteiger partial charge in [0.25, 0.3) is 0 Å². The molecular weight excluding hydrogens is 516 g/mol. The topological polar surface area (TPSA) is 64.6 Å². The van der Waals surface area contributed by atoms with Crippen LogP contribution in [-0.4, -0.2) is 18.4 Å². The molecular formula is C29H22Cl2FNO4. The van der Waals surface area contributed by atoms with Gasteiger partial charge >= 0.3 is 5.97 Å². The van der Waals surface area contributed by atoms with Gasteiger partial charge in [-0.1, -0.05) is 59.6 Å². The first-order valence-electron chi connectivity index (χ1n) is 11.7. The molecule has 1 aliphatic carbocycles. The quantitative estimate of drug-likeness (QED) is 0.348. The van der Waals surface area contributed by atoms with Crippen LogP contribution in [0.25, 0.3) is 5.70 Å². The Balaban J connectivity index is 1.58. The van der Waals surface area contributed by atoms with Gasteiger partial charge in [0.15, 0.2) is 11.5 Å². The Bertz CT molecular complexity index is 1490. The number of rotatable bonds is 6. The maximum Gasteiger partial charge on any atom is 0.336 e. The summed E-state index contributed by atoms with van der Waals surface area (Å²) in [7, 11) is 0. The van der Waals surface area contributed by atoms with Crippen molar-refractivity contribution in [3.8, 4) is 5.75 Å². The number of hydrogen-bond donors (Lipinski definition) is 1. The Kier molecular flexibility index (Phi) is 6.80. The lowest BCUT2D eigenvalue weighted by molar-refractivity contribution is -0.138. The number of ether oxygens (including phenoxy) is 2. The Labute approximate surface area is 223 Å². The molecule has 0 aromatic heterocycles. The molecule has 2 aliphatic rings. The van der Waals surface area contributed by atoms with E-state index in [1.807, 2.05) is 12.1 Å². The smallest absolute Gasteiger partial charge is 0.336 e. The molecule has 3 aromatic carbocycles. The summed E-state index contributed by atoms with van der Waals surface area (Å²) in [5.74, 6) is -1.64. The van der Waals surface area contributed by atoms with Crippen LogP contribution >= 0.6 is 23.2 Å². The van der Waals surface area contributed by atoms with E-state index in [1.165, 1.54) is 12.1 Å². The van der Waals surface area contributed by atoms with Gasteiger partial charge in [0.2, 0.25) is 0 Å². The van der Waals surface area contributed by atoms with Crippen LogP contribution in [0.4, 0.5) is 4.39 Å². The second kappa shape index (κ2) is 10.0. The minimum absolute atomic E-state index is 0.0556. The first-order chi connectivity index (χ1) is 17.8. The highest BCUT2D eigenvalue weighted by Crippen LogP contribution is 2.48. The first-order valence-corrected chi connectivity index (χ1v) is 12.4. The van der Waals surface area contributed by atoms with E-state index in [9.17, 15) is 14.0 Å². The van der Waals surface area contributed by atoms with Crippen molar-refractivity contribution in [2.24, 2.45) is 0 Å². The summed E-state index contributed by atoms with van der Waals surface area (Å²) < 4.78 is 24.7.